The number of nitrogens with zero attached hydrogens (tertiary/aromatic N) is 3. The van der Waals surface area contributed by atoms with E-state index in [1.54, 1.807) is 28.0 Å². The molecule has 148 valence electrons. The van der Waals surface area contributed by atoms with Crippen LogP contribution >= 0.6 is 34.4 Å². The Morgan fingerprint density at radius 1 is 1.25 bits per heavy atom. The lowest BCUT2D eigenvalue weighted by molar-refractivity contribution is -0.121. The van der Waals surface area contributed by atoms with E-state index >= 15 is 0 Å². The van der Waals surface area contributed by atoms with Crippen molar-refractivity contribution >= 4 is 51.3 Å². The average Bonchev–Trinajstić information content (AvgIpc) is 3.24. The summed E-state index contributed by atoms with van der Waals surface area (Å²) in [6.07, 6.45) is 1.50. The van der Waals surface area contributed by atoms with Gasteiger partial charge in [0.05, 0.1) is 0 Å². The number of aromatic nitrogens is 2. The van der Waals surface area contributed by atoms with E-state index in [1.807, 2.05) is 16.8 Å². The third-order valence-electron chi connectivity index (χ3n) is 5.01. The Labute approximate surface area is 177 Å². The molecule has 0 bridgehead atoms. The van der Waals surface area contributed by atoms with Gasteiger partial charge in [0.25, 0.3) is 0 Å². The van der Waals surface area contributed by atoms with Crippen LogP contribution < -0.4 is 4.90 Å². The van der Waals surface area contributed by atoms with E-state index in [4.69, 9.17) is 0 Å². The van der Waals surface area contributed by atoms with E-state index in [9.17, 15) is 9.59 Å². The largest absolute Gasteiger partial charge is 0.294 e. The van der Waals surface area contributed by atoms with Crippen molar-refractivity contribution in [3.63, 3.8) is 0 Å². The Hall–Kier alpha value is -1.51. The van der Waals surface area contributed by atoms with E-state index in [2.05, 4.69) is 37.9 Å². The number of hydrogen-bond acceptors (Lipinski definition) is 7. The molecule has 8 heteroatoms. The minimum Gasteiger partial charge on any atom is -0.294 e. The fourth-order valence-corrected chi connectivity index (χ4v) is 6.76. The lowest BCUT2D eigenvalue weighted by Crippen LogP contribution is -2.43. The van der Waals surface area contributed by atoms with Gasteiger partial charge in [-0.15, -0.1) is 10.2 Å². The molecule has 0 spiro atoms. The van der Waals surface area contributed by atoms with Gasteiger partial charge in [0.15, 0.2) is 10.1 Å². The molecule has 0 saturated heterocycles. The second kappa shape index (κ2) is 7.39. The third kappa shape index (κ3) is 3.69. The molecule has 4 rings (SSSR count). The second-order valence-electron chi connectivity index (χ2n) is 8.36. The van der Waals surface area contributed by atoms with Crippen molar-refractivity contribution in [1.29, 1.82) is 0 Å². The number of carbonyl (C=O) groups excluding carboxylic acids is 2. The maximum absolute atomic E-state index is 13.2. The van der Waals surface area contributed by atoms with Crippen LogP contribution in [0.3, 0.4) is 0 Å². The number of amides is 1. The SMILES string of the molecule is CC(C)Sc1nnc(N2C(=O)C[C@@H](c3ccsc3)C3=C2CC(C)(C)CC3=O)s1. The zero-order valence-electron chi connectivity index (χ0n) is 16.4. The number of Topliss-reactive ketones (excluding diaryl/α,β-unsaturated/α-hetero) is 1. The highest BCUT2D eigenvalue weighted by atomic mass is 32.2. The monoisotopic (exact) mass is 433 g/mol. The maximum Gasteiger partial charge on any atom is 0.234 e. The summed E-state index contributed by atoms with van der Waals surface area (Å²) in [6.45, 7) is 8.38. The first-order chi connectivity index (χ1) is 13.2. The Balaban J connectivity index is 1.81. The molecule has 1 amide bonds. The Morgan fingerprint density at radius 3 is 2.71 bits per heavy atom. The van der Waals surface area contributed by atoms with E-state index in [-0.39, 0.29) is 23.0 Å². The molecule has 1 aliphatic carbocycles. The van der Waals surface area contributed by atoms with Gasteiger partial charge in [-0.25, -0.2) is 0 Å². The van der Waals surface area contributed by atoms with Crippen LogP contribution in [0.5, 0.6) is 0 Å². The van der Waals surface area contributed by atoms with Gasteiger partial charge >= 0.3 is 0 Å². The molecule has 5 nitrogen and oxygen atoms in total. The number of ketones is 1. The number of anilines is 1. The lowest BCUT2D eigenvalue weighted by Gasteiger charge is -2.41. The summed E-state index contributed by atoms with van der Waals surface area (Å²) in [5, 5.41) is 13.6. The van der Waals surface area contributed by atoms with Crippen molar-refractivity contribution in [3.8, 4) is 0 Å². The fraction of sp³-hybridized carbons (Fsp3) is 0.500. The van der Waals surface area contributed by atoms with Crippen molar-refractivity contribution < 1.29 is 9.59 Å². The van der Waals surface area contributed by atoms with Crippen LogP contribution in [0.1, 0.15) is 58.4 Å². The molecule has 2 aromatic rings. The number of carbonyl (C=O) groups is 2. The predicted octanol–water partition coefficient (Wildman–Crippen LogP) is 5.26. The Bertz CT molecular complexity index is 944. The Morgan fingerprint density at radius 2 is 2.04 bits per heavy atom. The van der Waals surface area contributed by atoms with Crippen LogP contribution in [-0.2, 0) is 9.59 Å². The summed E-state index contributed by atoms with van der Waals surface area (Å²) in [7, 11) is 0. The van der Waals surface area contributed by atoms with Crippen LogP contribution in [0, 0.1) is 5.41 Å². The highest BCUT2D eigenvalue weighted by molar-refractivity contribution is 8.01. The van der Waals surface area contributed by atoms with Crippen LogP contribution in [0.2, 0.25) is 0 Å². The molecule has 0 aromatic carbocycles. The minimum atomic E-state index is -0.175. The molecule has 0 radical (unpaired) electrons. The van der Waals surface area contributed by atoms with Gasteiger partial charge in [0.1, 0.15) is 0 Å². The molecular formula is C20H23N3O2S3. The number of hydrogen-bond donors (Lipinski definition) is 0. The van der Waals surface area contributed by atoms with Gasteiger partial charge in [0, 0.05) is 35.3 Å². The van der Waals surface area contributed by atoms with E-state index < -0.39 is 0 Å². The first-order valence-electron chi connectivity index (χ1n) is 9.36. The van der Waals surface area contributed by atoms with Gasteiger partial charge < -0.3 is 0 Å². The summed E-state index contributed by atoms with van der Waals surface area (Å²) in [4.78, 5) is 28.1. The predicted molar refractivity (Wildman–Crippen MR) is 115 cm³/mol. The molecule has 0 unspecified atom stereocenters. The first-order valence-corrected chi connectivity index (χ1v) is 12.0. The summed E-state index contributed by atoms with van der Waals surface area (Å²) in [5.74, 6) is 0.00460. The van der Waals surface area contributed by atoms with Gasteiger partial charge in [-0.3, -0.25) is 14.5 Å². The number of rotatable bonds is 4. The molecule has 1 atom stereocenters. The average molecular weight is 434 g/mol. The minimum absolute atomic E-state index is 0.00213. The molecule has 0 fully saturated rings. The normalized spacial score (nSPS) is 22.2. The molecule has 0 saturated carbocycles. The summed E-state index contributed by atoms with van der Waals surface area (Å²) < 4.78 is 0.848. The van der Waals surface area contributed by atoms with Crippen molar-refractivity contribution in [2.45, 2.75) is 62.5 Å². The van der Waals surface area contributed by atoms with Crippen molar-refractivity contribution in [2.24, 2.45) is 5.41 Å². The molecule has 2 aromatic heterocycles. The summed E-state index contributed by atoms with van der Waals surface area (Å²) >= 11 is 4.67. The molecule has 3 heterocycles. The van der Waals surface area contributed by atoms with Gasteiger partial charge in [-0.1, -0.05) is 50.8 Å². The molecule has 0 N–H and O–H groups in total. The maximum atomic E-state index is 13.2. The molecule has 28 heavy (non-hydrogen) atoms. The zero-order valence-corrected chi connectivity index (χ0v) is 18.8. The highest BCUT2D eigenvalue weighted by Gasteiger charge is 2.45. The van der Waals surface area contributed by atoms with Crippen molar-refractivity contribution in [3.05, 3.63) is 33.7 Å². The molecule has 2 aliphatic rings. The lowest BCUT2D eigenvalue weighted by atomic mass is 9.69. The number of thiophene rings is 1. The first kappa shape index (κ1) is 19.8. The quantitative estimate of drug-likeness (QED) is 0.486. The van der Waals surface area contributed by atoms with Crippen LogP contribution in [-0.4, -0.2) is 27.1 Å². The van der Waals surface area contributed by atoms with Crippen LogP contribution in [0.4, 0.5) is 5.13 Å². The molecule has 1 aliphatic heterocycles. The van der Waals surface area contributed by atoms with Crippen LogP contribution in [0.25, 0.3) is 0 Å². The zero-order chi connectivity index (χ0) is 20.1. The standard InChI is InChI=1S/C20H23N3O2S3/c1-11(2)27-19-22-21-18(28-19)23-14-8-20(3,4)9-15(24)17(14)13(7-16(23)25)12-5-6-26-10-12/h5-6,10-11,13H,7-9H2,1-4H3/t13-/m0/s1. The van der Waals surface area contributed by atoms with Crippen molar-refractivity contribution in [2.75, 3.05) is 4.90 Å². The van der Waals surface area contributed by atoms with Crippen LogP contribution in [0.15, 0.2) is 32.4 Å². The smallest absolute Gasteiger partial charge is 0.234 e. The fourth-order valence-electron chi connectivity index (χ4n) is 3.94. The third-order valence-corrected chi connectivity index (χ3v) is 7.71. The Kier molecular flexibility index (Phi) is 5.22. The summed E-state index contributed by atoms with van der Waals surface area (Å²) in [6, 6.07) is 2.03. The van der Waals surface area contributed by atoms with E-state index in [1.165, 1.54) is 11.3 Å². The summed E-state index contributed by atoms with van der Waals surface area (Å²) in [5.41, 5.74) is 2.51. The number of thioether (sulfide) groups is 1. The topological polar surface area (TPSA) is 63.2 Å². The number of allylic oxidation sites excluding steroid dienone is 2. The van der Waals surface area contributed by atoms with Gasteiger partial charge in [0.2, 0.25) is 11.0 Å². The second-order valence-corrected chi connectivity index (χ2v) is 11.9. The highest BCUT2D eigenvalue weighted by Crippen LogP contribution is 2.49. The van der Waals surface area contributed by atoms with Crippen molar-refractivity contribution in [1.82, 2.24) is 10.2 Å². The molecular weight excluding hydrogens is 410 g/mol. The van der Waals surface area contributed by atoms with E-state index in [0.717, 1.165) is 21.2 Å². The van der Waals surface area contributed by atoms with Gasteiger partial charge in [-0.05, 0) is 34.2 Å². The van der Waals surface area contributed by atoms with E-state index in [0.29, 0.717) is 29.6 Å². The van der Waals surface area contributed by atoms with Gasteiger partial charge in [-0.2, -0.15) is 11.3 Å².